The summed E-state index contributed by atoms with van der Waals surface area (Å²) in [5, 5.41) is 4.03. The van der Waals surface area contributed by atoms with E-state index < -0.39 is 0 Å². The second-order valence-electron chi connectivity index (χ2n) is 3.81. The minimum Gasteiger partial charge on any atom is -0.454 e. The average molecular weight is 217 g/mol. The molecule has 2 aromatic rings. The molecule has 0 radical (unpaired) electrons. The number of nitrogens with zero attached hydrogens (tertiary/aromatic N) is 2. The van der Waals surface area contributed by atoms with E-state index in [-0.39, 0.29) is 6.04 Å². The van der Waals surface area contributed by atoms with Crippen molar-refractivity contribution >= 4 is 0 Å². The fraction of sp³-hybridized carbons (Fsp3) is 0.250. The maximum atomic E-state index is 5.77. The third kappa shape index (κ3) is 2.41. The van der Waals surface area contributed by atoms with Crippen LogP contribution in [0.15, 0.2) is 36.7 Å². The molecule has 0 saturated carbocycles. The van der Waals surface area contributed by atoms with E-state index in [9.17, 15) is 0 Å². The lowest BCUT2D eigenvalue weighted by molar-refractivity contribution is 0.481. The zero-order chi connectivity index (χ0) is 11.5. The van der Waals surface area contributed by atoms with Crippen molar-refractivity contribution in [3.63, 3.8) is 0 Å². The Bertz CT molecular complexity index is 459. The fourth-order valence-corrected chi connectivity index (χ4v) is 1.43. The van der Waals surface area contributed by atoms with Gasteiger partial charge in [0.1, 0.15) is 5.75 Å². The predicted molar refractivity (Wildman–Crippen MR) is 62.3 cm³/mol. The maximum Gasteiger partial charge on any atom is 0.165 e. The highest BCUT2D eigenvalue weighted by Gasteiger charge is 2.01. The first-order valence-electron chi connectivity index (χ1n) is 5.17. The number of aromatic nitrogens is 2. The standard InChI is InChI=1S/C12H15N3O/c1-9(13)10-3-5-11(6-4-10)16-12-7-14-15(2)8-12/h3-9H,13H2,1-2H3/t9-/m0/s1. The van der Waals surface area contributed by atoms with E-state index >= 15 is 0 Å². The molecule has 0 aliphatic carbocycles. The van der Waals surface area contributed by atoms with Gasteiger partial charge in [0, 0.05) is 13.1 Å². The van der Waals surface area contributed by atoms with Crippen molar-refractivity contribution in [2.45, 2.75) is 13.0 Å². The maximum absolute atomic E-state index is 5.77. The van der Waals surface area contributed by atoms with Crippen LogP contribution in [0.5, 0.6) is 11.5 Å². The van der Waals surface area contributed by atoms with Gasteiger partial charge < -0.3 is 10.5 Å². The third-order valence-corrected chi connectivity index (χ3v) is 2.32. The number of ether oxygens (including phenoxy) is 1. The van der Waals surface area contributed by atoms with E-state index in [1.165, 1.54) is 0 Å². The molecule has 1 aromatic carbocycles. The lowest BCUT2D eigenvalue weighted by Crippen LogP contribution is -2.04. The van der Waals surface area contributed by atoms with E-state index in [2.05, 4.69) is 5.10 Å². The highest BCUT2D eigenvalue weighted by Crippen LogP contribution is 2.22. The van der Waals surface area contributed by atoms with E-state index in [1.807, 2.05) is 44.4 Å². The number of hydrogen-bond donors (Lipinski definition) is 1. The molecule has 4 nitrogen and oxygen atoms in total. The molecule has 16 heavy (non-hydrogen) atoms. The molecule has 0 unspecified atom stereocenters. The van der Waals surface area contributed by atoms with Crippen molar-refractivity contribution in [2.24, 2.45) is 12.8 Å². The number of rotatable bonds is 3. The molecule has 0 aliphatic rings. The van der Waals surface area contributed by atoms with E-state index in [0.29, 0.717) is 0 Å². The molecular weight excluding hydrogens is 202 g/mol. The first-order chi connectivity index (χ1) is 7.65. The van der Waals surface area contributed by atoms with Crippen LogP contribution in [0, 0.1) is 0 Å². The minimum absolute atomic E-state index is 0.0486. The molecule has 1 atom stereocenters. The molecule has 0 fully saturated rings. The molecule has 0 saturated heterocycles. The summed E-state index contributed by atoms with van der Waals surface area (Å²) < 4.78 is 7.31. The molecular formula is C12H15N3O. The minimum atomic E-state index is 0.0486. The Labute approximate surface area is 94.6 Å². The summed E-state index contributed by atoms with van der Waals surface area (Å²) in [4.78, 5) is 0. The second kappa shape index (κ2) is 4.37. The van der Waals surface area contributed by atoms with Crippen LogP contribution in [-0.2, 0) is 7.05 Å². The van der Waals surface area contributed by atoms with E-state index in [0.717, 1.165) is 17.1 Å². The van der Waals surface area contributed by atoms with Crippen molar-refractivity contribution in [1.29, 1.82) is 0 Å². The summed E-state index contributed by atoms with van der Waals surface area (Å²) in [7, 11) is 1.85. The van der Waals surface area contributed by atoms with E-state index in [4.69, 9.17) is 10.5 Å². The Morgan fingerprint density at radius 1 is 1.25 bits per heavy atom. The van der Waals surface area contributed by atoms with Gasteiger partial charge in [-0.15, -0.1) is 0 Å². The van der Waals surface area contributed by atoms with Crippen LogP contribution >= 0.6 is 0 Å². The predicted octanol–water partition coefficient (Wildman–Crippen LogP) is 2.23. The van der Waals surface area contributed by atoms with Gasteiger partial charge in [-0.1, -0.05) is 12.1 Å². The number of aryl methyl sites for hydroxylation is 1. The number of hydrogen-bond acceptors (Lipinski definition) is 3. The summed E-state index contributed by atoms with van der Waals surface area (Å²) >= 11 is 0. The van der Waals surface area contributed by atoms with Crippen LogP contribution in [0.1, 0.15) is 18.5 Å². The first kappa shape index (κ1) is 10.7. The number of benzene rings is 1. The molecule has 2 N–H and O–H groups in total. The fourth-order valence-electron chi connectivity index (χ4n) is 1.43. The van der Waals surface area contributed by atoms with Gasteiger partial charge in [0.2, 0.25) is 0 Å². The smallest absolute Gasteiger partial charge is 0.165 e. The molecule has 1 heterocycles. The topological polar surface area (TPSA) is 53.1 Å². The third-order valence-electron chi connectivity index (χ3n) is 2.32. The van der Waals surface area contributed by atoms with Crippen LogP contribution in [0.4, 0.5) is 0 Å². The van der Waals surface area contributed by atoms with Crippen LogP contribution in [0.3, 0.4) is 0 Å². The second-order valence-corrected chi connectivity index (χ2v) is 3.81. The summed E-state index contributed by atoms with van der Waals surface area (Å²) in [5.74, 6) is 1.52. The Morgan fingerprint density at radius 3 is 2.44 bits per heavy atom. The van der Waals surface area contributed by atoms with Crippen molar-refractivity contribution in [2.75, 3.05) is 0 Å². The summed E-state index contributed by atoms with van der Waals surface area (Å²) in [6.45, 7) is 1.96. The largest absolute Gasteiger partial charge is 0.454 e. The highest BCUT2D eigenvalue weighted by atomic mass is 16.5. The summed E-state index contributed by atoms with van der Waals surface area (Å²) in [5.41, 5.74) is 6.86. The molecule has 84 valence electrons. The zero-order valence-electron chi connectivity index (χ0n) is 9.42. The van der Waals surface area contributed by atoms with Gasteiger partial charge in [0.15, 0.2) is 5.75 Å². The van der Waals surface area contributed by atoms with Gasteiger partial charge in [-0.25, -0.2) is 0 Å². The van der Waals surface area contributed by atoms with Gasteiger partial charge >= 0.3 is 0 Å². The van der Waals surface area contributed by atoms with E-state index in [1.54, 1.807) is 10.9 Å². The molecule has 1 aromatic heterocycles. The number of nitrogens with two attached hydrogens (primary N) is 1. The van der Waals surface area contributed by atoms with Gasteiger partial charge in [-0.2, -0.15) is 5.10 Å². The molecule has 0 amide bonds. The Balaban J connectivity index is 2.11. The van der Waals surface area contributed by atoms with Crippen LogP contribution in [0.2, 0.25) is 0 Å². The molecule has 4 heteroatoms. The Morgan fingerprint density at radius 2 is 1.94 bits per heavy atom. The SMILES string of the molecule is C[C@H](N)c1ccc(Oc2cnn(C)c2)cc1. The first-order valence-corrected chi connectivity index (χ1v) is 5.17. The van der Waals surface area contributed by atoms with Gasteiger partial charge in [-0.3, -0.25) is 4.68 Å². The zero-order valence-corrected chi connectivity index (χ0v) is 9.42. The van der Waals surface area contributed by atoms with Crippen molar-refractivity contribution in [1.82, 2.24) is 9.78 Å². The average Bonchev–Trinajstić information content (AvgIpc) is 2.65. The summed E-state index contributed by atoms with van der Waals surface area (Å²) in [6, 6.07) is 7.80. The highest BCUT2D eigenvalue weighted by molar-refractivity contribution is 5.32. The van der Waals surface area contributed by atoms with Crippen LogP contribution in [0.25, 0.3) is 0 Å². The lowest BCUT2D eigenvalue weighted by atomic mass is 10.1. The summed E-state index contributed by atoms with van der Waals surface area (Å²) in [6.07, 6.45) is 3.50. The lowest BCUT2D eigenvalue weighted by Gasteiger charge is -2.07. The van der Waals surface area contributed by atoms with Crippen molar-refractivity contribution < 1.29 is 4.74 Å². The van der Waals surface area contributed by atoms with Crippen LogP contribution < -0.4 is 10.5 Å². The Hall–Kier alpha value is -1.81. The quantitative estimate of drug-likeness (QED) is 0.857. The van der Waals surface area contributed by atoms with Crippen molar-refractivity contribution in [3.8, 4) is 11.5 Å². The molecule has 0 aliphatic heterocycles. The van der Waals surface area contributed by atoms with Gasteiger partial charge in [0.05, 0.1) is 12.4 Å². The van der Waals surface area contributed by atoms with Gasteiger partial charge in [-0.05, 0) is 24.6 Å². The normalized spacial score (nSPS) is 12.4. The van der Waals surface area contributed by atoms with Crippen molar-refractivity contribution in [3.05, 3.63) is 42.2 Å². The van der Waals surface area contributed by atoms with Crippen LogP contribution in [-0.4, -0.2) is 9.78 Å². The monoisotopic (exact) mass is 217 g/mol. The van der Waals surface area contributed by atoms with Gasteiger partial charge in [0.25, 0.3) is 0 Å². The molecule has 2 rings (SSSR count). The Kier molecular flexibility index (Phi) is 2.92. The molecule has 0 spiro atoms. The molecule has 0 bridgehead atoms.